The maximum atomic E-state index is 12.5. The normalized spacial score (nSPS) is 17.6. The number of piperidine rings is 1. The molecule has 1 aromatic heterocycles. The summed E-state index contributed by atoms with van der Waals surface area (Å²) in [6.07, 6.45) is 7.38. The fourth-order valence-electron chi connectivity index (χ4n) is 3.04. The number of hydrogen-bond acceptors (Lipinski definition) is 3. The number of benzene rings is 1. The number of rotatable bonds is 4. The first-order valence-electron chi connectivity index (χ1n) is 7.86. The molecule has 3 rings (SSSR count). The topological polar surface area (TPSA) is 64.2 Å². The van der Waals surface area contributed by atoms with Gasteiger partial charge in [-0.25, -0.2) is 4.68 Å². The lowest BCUT2D eigenvalue weighted by atomic mass is 10.0. The highest BCUT2D eigenvalue weighted by Crippen LogP contribution is 2.18. The van der Waals surface area contributed by atoms with E-state index in [4.69, 9.17) is 5.73 Å². The van der Waals surface area contributed by atoms with Crippen LogP contribution in [0.25, 0.3) is 5.69 Å². The predicted molar refractivity (Wildman–Crippen MR) is 92.9 cm³/mol. The molecule has 1 atom stereocenters. The van der Waals surface area contributed by atoms with Gasteiger partial charge in [-0.2, -0.15) is 5.10 Å². The molecule has 1 unspecified atom stereocenters. The average molecular weight is 335 g/mol. The summed E-state index contributed by atoms with van der Waals surface area (Å²) in [5.74, 6) is 0.182. The molecule has 1 aliphatic rings. The summed E-state index contributed by atoms with van der Waals surface area (Å²) < 4.78 is 1.81. The van der Waals surface area contributed by atoms with Crippen LogP contribution in [0.5, 0.6) is 0 Å². The van der Waals surface area contributed by atoms with Crippen molar-refractivity contribution in [2.45, 2.75) is 31.7 Å². The quantitative estimate of drug-likeness (QED) is 0.932. The first-order valence-corrected chi connectivity index (χ1v) is 7.86. The van der Waals surface area contributed by atoms with E-state index in [0.29, 0.717) is 13.0 Å². The van der Waals surface area contributed by atoms with Gasteiger partial charge < -0.3 is 10.6 Å². The maximum Gasteiger partial charge on any atom is 0.227 e. The fraction of sp³-hybridized carbons (Fsp3) is 0.412. The standard InChI is InChI=1S/C17H22N4O.ClH/c18-13-16-4-1-2-10-20(16)17(22)12-14-5-7-15(8-6-14)21-11-3-9-19-21;/h3,5-9,11,16H,1-2,4,10,12-13,18H2;1H. The van der Waals surface area contributed by atoms with Crippen molar-refractivity contribution in [2.75, 3.05) is 13.1 Å². The Morgan fingerprint density at radius 1 is 1.26 bits per heavy atom. The summed E-state index contributed by atoms with van der Waals surface area (Å²) in [6.45, 7) is 1.40. The van der Waals surface area contributed by atoms with Crippen molar-refractivity contribution in [2.24, 2.45) is 5.73 Å². The van der Waals surface area contributed by atoms with Crippen LogP contribution in [0.4, 0.5) is 0 Å². The van der Waals surface area contributed by atoms with Gasteiger partial charge in [0.2, 0.25) is 5.91 Å². The van der Waals surface area contributed by atoms with E-state index in [1.807, 2.05) is 41.4 Å². The zero-order valence-electron chi connectivity index (χ0n) is 13.1. The Balaban J connectivity index is 0.00000192. The number of likely N-dealkylation sites (tertiary alicyclic amines) is 1. The lowest BCUT2D eigenvalue weighted by Crippen LogP contribution is -2.48. The van der Waals surface area contributed by atoms with E-state index in [1.165, 1.54) is 6.42 Å². The van der Waals surface area contributed by atoms with Gasteiger partial charge >= 0.3 is 0 Å². The van der Waals surface area contributed by atoms with Gasteiger partial charge in [-0.3, -0.25) is 4.79 Å². The molecule has 6 heteroatoms. The van der Waals surface area contributed by atoms with E-state index in [0.717, 1.165) is 30.6 Å². The molecule has 5 nitrogen and oxygen atoms in total. The third-order valence-corrected chi connectivity index (χ3v) is 4.28. The molecule has 0 bridgehead atoms. The third-order valence-electron chi connectivity index (χ3n) is 4.28. The van der Waals surface area contributed by atoms with Gasteiger partial charge in [0, 0.05) is 31.5 Å². The summed E-state index contributed by atoms with van der Waals surface area (Å²) in [5.41, 5.74) is 7.82. The van der Waals surface area contributed by atoms with Crippen molar-refractivity contribution in [1.82, 2.24) is 14.7 Å². The van der Waals surface area contributed by atoms with Crippen LogP contribution in [-0.2, 0) is 11.2 Å². The van der Waals surface area contributed by atoms with E-state index in [-0.39, 0.29) is 24.4 Å². The largest absolute Gasteiger partial charge is 0.338 e. The number of carbonyl (C=O) groups excluding carboxylic acids is 1. The molecule has 0 radical (unpaired) electrons. The average Bonchev–Trinajstić information content (AvgIpc) is 3.10. The van der Waals surface area contributed by atoms with E-state index in [2.05, 4.69) is 5.10 Å². The molecule has 2 heterocycles. The number of nitrogens with two attached hydrogens (primary N) is 1. The van der Waals surface area contributed by atoms with Gasteiger partial charge in [0.1, 0.15) is 0 Å². The van der Waals surface area contributed by atoms with Crippen LogP contribution in [0.2, 0.25) is 0 Å². The van der Waals surface area contributed by atoms with Crippen LogP contribution >= 0.6 is 12.4 Å². The molecule has 2 aromatic rings. The third kappa shape index (κ3) is 4.12. The number of carbonyl (C=O) groups is 1. The molecule has 2 N–H and O–H groups in total. The fourth-order valence-corrected chi connectivity index (χ4v) is 3.04. The van der Waals surface area contributed by atoms with Gasteiger partial charge in [-0.05, 0) is 43.0 Å². The monoisotopic (exact) mass is 334 g/mol. The van der Waals surface area contributed by atoms with Crippen molar-refractivity contribution in [3.8, 4) is 5.69 Å². The van der Waals surface area contributed by atoms with Gasteiger partial charge in [-0.15, -0.1) is 12.4 Å². The minimum atomic E-state index is 0. The van der Waals surface area contributed by atoms with E-state index < -0.39 is 0 Å². The van der Waals surface area contributed by atoms with Crippen molar-refractivity contribution in [1.29, 1.82) is 0 Å². The Labute approximate surface area is 142 Å². The summed E-state index contributed by atoms with van der Waals surface area (Å²) in [5, 5.41) is 4.20. The Hall–Kier alpha value is -1.85. The summed E-state index contributed by atoms with van der Waals surface area (Å²) >= 11 is 0. The van der Waals surface area contributed by atoms with Gasteiger partial charge in [-0.1, -0.05) is 12.1 Å². The van der Waals surface area contributed by atoms with Crippen LogP contribution < -0.4 is 5.73 Å². The Morgan fingerprint density at radius 3 is 2.70 bits per heavy atom. The summed E-state index contributed by atoms with van der Waals surface area (Å²) in [4.78, 5) is 14.5. The second-order valence-electron chi connectivity index (χ2n) is 5.77. The highest BCUT2D eigenvalue weighted by molar-refractivity contribution is 5.85. The molecule has 0 spiro atoms. The van der Waals surface area contributed by atoms with Crippen molar-refractivity contribution in [3.05, 3.63) is 48.3 Å². The van der Waals surface area contributed by atoms with E-state index in [1.54, 1.807) is 10.9 Å². The van der Waals surface area contributed by atoms with Crippen molar-refractivity contribution >= 4 is 18.3 Å². The number of nitrogens with zero attached hydrogens (tertiary/aromatic N) is 3. The molecule has 1 saturated heterocycles. The molecule has 1 amide bonds. The molecular formula is C17H23ClN4O. The van der Waals surface area contributed by atoms with E-state index >= 15 is 0 Å². The number of halogens is 1. The second-order valence-corrected chi connectivity index (χ2v) is 5.77. The van der Waals surface area contributed by atoms with Crippen LogP contribution in [0.15, 0.2) is 42.7 Å². The molecule has 0 aliphatic carbocycles. The Kier molecular flexibility index (Phi) is 6.19. The lowest BCUT2D eigenvalue weighted by molar-refractivity contribution is -0.133. The summed E-state index contributed by atoms with van der Waals surface area (Å²) in [6, 6.07) is 10.1. The number of hydrogen-bond donors (Lipinski definition) is 1. The number of amides is 1. The number of aromatic nitrogens is 2. The van der Waals surface area contributed by atoms with E-state index in [9.17, 15) is 4.79 Å². The molecule has 1 aliphatic heterocycles. The molecule has 1 fully saturated rings. The zero-order valence-corrected chi connectivity index (χ0v) is 13.9. The Bertz CT molecular complexity index is 612. The first-order chi connectivity index (χ1) is 10.8. The smallest absolute Gasteiger partial charge is 0.227 e. The lowest BCUT2D eigenvalue weighted by Gasteiger charge is -2.35. The van der Waals surface area contributed by atoms with Crippen molar-refractivity contribution in [3.63, 3.8) is 0 Å². The minimum absolute atomic E-state index is 0. The van der Waals surface area contributed by atoms with Crippen molar-refractivity contribution < 1.29 is 4.79 Å². The van der Waals surface area contributed by atoms with Crippen LogP contribution in [0.3, 0.4) is 0 Å². The van der Waals surface area contributed by atoms with Crippen LogP contribution in [0, 0.1) is 0 Å². The molecule has 1 aromatic carbocycles. The first kappa shape index (κ1) is 17.5. The van der Waals surface area contributed by atoms with Gasteiger partial charge in [0.05, 0.1) is 12.1 Å². The van der Waals surface area contributed by atoms with Crippen LogP contribution in [-0.4, -0.2) is 39.7 Å². The second kappa shape index (κ2) is 8.13. The Morgan fingerprint density at radius 2 is 2.04 bits per heavy atom. The van der Waals surface area contributed by atoms with Crippen LogP contribution in [0.1, 0.15) is 24.8 Å². The molecular weight excluding hydrogens is 312 g/mol. The predicted octanol–water partition coefficient (Wildman–Crippen LogP) is 2.18. The van der Waals surface area contributed by atoms with Gasteiger partial charge in [0.25, 0.3) is 0 Å². The zero-order chi connectivity index (χ0) is 15.4. The molecule has 0 saturated carbocycles. The SMILES string of the molecule is Cl.NCC1CCCCN1C(=O)Cc1ccc(-n2cccn2)cc1. The highest BCUT2D eigenvalue weighted by Gasteiger charge is 2.25. The maximum absolute atomic E-state index is 12.5. The van der Waals surface area contributed by atoms with Gasteiger partial charge in [0.15, 0.2) is 0 Å². The highest BCUT2D eigenvalue weighted by atomic mass is 35.5. The molecule has 124 valence electrons. The minimum Gasteiger partial charge on any atom is -0.338 e. The molecule has 23 heavy (non-hydrogen) atoms. The summed E-state index contributed by atoms with van der Waals surface area (Å²) in [7, 11) is 0.